The largest absolute Gasteiger partial charge is 0.481 e. The van der Waals surface area contributed by atoms with Crippen LogP contribution in [0.25, 0.3) is 0 Å². The summed E-state index contributed by atoms with van der Waals surface area (Å²) >= 11 is 0. The van der Waals surface area contributed by atoms with Crippen molar-refractivity contribution in [3.63, 3.8) is 0 Å². The molecule has 0 spiro atoms. The van der Waals surface area contributed by atoms with Gasteiger partial charge >= 0.3 is 11.9 Å². The van der Waals surface area contributed by atoms with Gasteiger partial charge in [-0.15, -0.1) is 0 Å². The van der Waals surface area contributed by atoms with E-state index in [1.807, 2.05) is 0 Å². The SMILES string of the molecule is CCCCCCCCCCCCCCCC(=O)N[C@@H](CCC(=O)O)C(=O)O.OCCN(CCO)CCO. The fraction of sp³-hybridized carbons (Fsp3) is 0.889. The molecule has 0 aliphatic heterocycles. The number of unbranched alkanes of at least 4 members (excludes halogenated alkanes) is 12. The Bertz CT molecular complexity index is 534. The minimum atomic E-state index is -1.19. The van der Waals surface area contributed by atoms with Crippen molar-refractivity contribution in [2.75, 3.05) is 39.5 Å². The lowest BCUT2D eigenvalue weighted by Crippen LogP contribution is -2.41. The maximum Gasteiger partial charge on any atom is 0.326 e. The molecule has 0 bridgehead atoms. The van der Waals surface area contributed by atoms with Crippen molar-refractivity contribution in [2.45, 2.75) is 116 Å². The Morgan fingerprint density at radius 1 is 0.649 bits per heavy atom. The minimum absolute atomic E-state index is 0.0694. The average molecular weight is 535 g/mol. The van der Waals surface area contributed by atoms with Crippen molar-refractivity contribution >= 4 is 17.8 Å². The summed E-state index contributed by atoms with van der Waals surface area (Å²) in [6.07, 6.45) is 15.9. The Labute approximate surface area is 223 Å². The van der Waals surface area contributed by atoms with Gasteiger partial charge in [-0.1, -0.05) is 84.0 Å². The highest BCUT2D eigenvalue weighted by molar-refractivity contribution is 5.83. The average Bonchev–Trinajstić information content (AvgIpc) is 2.85. The number of carbonyl (C=O) groups is 3. The summed E-state index contributed by atoms with van der Waals surface area (Å²) in [6, 6.07) is -1.12. The first-order valence-corrected chi connectivity index (χ1v) is 14.1. The highest BCUT2D eigenvalue weighted by atomic mass is 16.4. The maximum absolute atomic E-state index is 11.8. The fourth-order valence-electron chi connectivity index (χ4n) is 3.85. The molecule has 220 valence electrons. The molecule has 0 saturated carbocycles. The topological polar surface area (TPSA) is 168 Å². The highest BCUT2D eigenvalue weighted by Crippen LogP contribution is 2.13. The van der Waals surface area contributed by atoms with E-state index in [0.717, 1.165) is 19.3 Å². The summed E-state index contributed by atoms with van der Waals surface area (Å²) in [7, 11) is 0. The Kier molecular flexibility index (Phi) is 29.1. The molecule has 0 aliphatic rings. The Hall–Kier alpha value is -1.75. The Balaban J connectivity index is 0. The van der Waals surface area contributed by atoms with Crippen LogP contribution in [-0.2, 0) is 14.4 Å². The first kappa shape index (κ1) is 37.4. The predicted octanol–water partition coefficient (Wildman–Crippen LogP) is 3.17. The molecule has 0 aromatic carbocycles. The third-order valence-electron chi connectivity index (χ3n) is 6.04. The zero-order chi connectivity index (χ0) is 28.2. The molecule has 0 aromatic rings. The van der Waals surface area contributed by atoms with Gasteiger partial charge in [0.1, 0.15) is 6.04 Å². The molecule has 37 heavy (non-hydrogen) atoms. The molecule has 10 heteroatoms. The zero-order valence-electron chi connectivity index (χ0n) is 23.0. The van der Waals surface area contributed by atoms with Crippen LogP contribution in [0.3, 0.4) is 0 Å². The second-order valence-corrected chi connectivity index (χ2v) is 9.40. The number of nitrogens with zero attached hydrogens (tertiary/aromatic N) is 1. The molecule has 1 atom stereocenters. The standard InChI is InChI=1S/C21H39NO5.C6H15NO3/c1-2-3-4-5-6-7-8-9-10-11-12-13-14-15-19(23)22-18(21(26)27)16-17-20(24)25;8-4-1-7(2-5-9)3-6-10/h18H,2-17H2,1H3,(H,22,23)(H,24,25)(H,26,27);8-10H,1-6H2/t18-;/m0./s1. The second kappa shape index (κ2) is 28.8. The Morgan fingerprint density at radius 3 is 1.41 bits per heavy atom. The van der Waals surface area contributed by atoms with Crippen molar-refractivity contribution in [2.24, 2.45) is 0 Å². The number of aliphatic carboxylic acids is 2. The number of rotatable bonds is 25. The molecule has 0 saturated heterocycles. The third-order valence-corrected chi connectivity index (χ3v) is 6.04. The fourth-order valence-corrected chi connectivity index (χ4v) is 3.85. The molecule has 6 N–H and O–H groups in total. The molecule has 10 nitrogen and oxygen atoms in total. The first-order valence-electron chi connectivity index (χ1n) is 14.1. The molecular weight excluding hydrogens is 480 g/mol. The van der Waals surface area contributed by atoms with Crippen molar-refractivity contribution in [1.29, 1.82) is 0 Å². The summed E-state index contributed by atoms with van der Waals surface area (Å²) in [6.45, 7) is 3.99. The van der Waals surface area contributed by atoms with Gasteiger partial charge in [0, 0.05) is 32.5 Å². The van der Waals surface area contributed by atoms with Gasteiger partial charge in [0.2, 0.25) is 5.91 Å². The van der Waals surface area contributed by atoms with Gasteiger partial charge in [0.05, 0.1) is 19.8 Å². The molecule has 0 rings (SSSR count). The molecule has 1 amide bonds. The van der Waals surface area contributed by atoms with E-state index in [9.17, 15) is 14.4 Å². The van der Waals surface area contributed by atoms with Crippen LogP contribution in [0.4, 0.5) is 0 Å². The molecule has 0 aliphatic carbocycles. The van der Waals surface area contributed by atoms with Crippen LogP contribution < -0.4 is 5.32 Å². The third kappa shape index (κ3) is 28.7. The van der Waals surface area contributed by atoms with Gasteiger partial charge in [-0.25, -0.2) is 4.79 Å². The van der Waals surface area contributed by atoms with Crippen molar-refractivity contribution in [3.8, 4) is 0 Å². The number of aliphatic hydroxyl groups excluding tert-OH is 3. The normalized spacial score (nSPS) is 11.6. The lowest BCUT2D eigenvalue weighted by molar-refractivity contribution is -0.143. The molecule has 0 radical (unpaired) electrons. The summed E-state index contributed by atoms with van der Waals surface area (Å²) in [5, 5.41) is 45.5. The van der Waals surface area contributed by atoms with Crippen molar-refractivity contribution in [1.82, 2.24) is 10.2 Å². The first-order chi connectivity index (χ1) is 17.8. The van der Waals surface area contributed by atoms with Gasteiger partial charge in [-0.05, 0) is 12.8 Å². The van der Waals surface area contributed by atoms with E-state index in [2.05, 4.69) is 12.2 Å². The van der Waals surface area contributed by atoms with Gasteiger partial charge < -0.3 is 30.8 Å². The van der Waals surface area contributed by atoms with E-state index in [0.29, 0.717) is 26.1 Å². The Morgan fingerprint density at radius 2 is 1.05 bits per heavy atom. The summed E-state index contributed by atoms with van der Waals surface area (Å²) < 4.78 is 0. The second-order valence-electron chi connectivity index (χ2n) is 9.40. The van der Waals surface area contributed by atoms with Gasteiger partial charge in [0.25, 0.3) is 0 Å². The highest BCUT2D eigenvalue weighted by Gasteiger charge is 2.20. The van der Waals surface area contributed by atoms with Crippen LogP contribution in [0.15, 0.2) is 0 Å². The van der Waals surface area contributed by atoms with Gasteiger partial charge in [0.15, 0.2) is 0 Å². The molecule has 0 fully saturated rings. The van der Waals surface area contributed by atoms with Crippen LogP contribution in [0.5, 0.6) is 0 Å². The molecular formula is C27H54N2O8. The minimum Gasteiger partial charge on any atom is -0.481 e. The van der Waals surface area contributed by atoms with E-state index in [4.69, 9.17) is 25.5 Å². The van der Waals surface area contributed by atoms with Gasteiger partial charge in [-0.2, -0.15) is 0 Å². The van der Waals surface area contributed by atoms with E-state index in [1.165, 1.54) is 64.2 Å². The number of carboxylic acids is 2. The number of amides is 1. The van der Waals surface area contributed by atoms with Crippen LogP contribution in [0.1, 0.15) is 110 Å². The smallest absolute Gasteiger partial charge is 0.326 e. The summed E-state index contributed by atoms with van der Waals surface area (Å²) in [4.78, 5) is 35.1. The molecule has 0 heterocycles. The van der Waals surface area contributed by atoms with Crippen molar-refractivity contribution < 1.29 is 39.9 Å². The quantitative estimate of drug-likeness (QED) is 0.0964. The van der Waals surface area contributed by atoms with E-state index in [-0.39, 0.29) is 38.6 Å². The summed E-state index contributed by atoms with van der Waals surface area (Å²) in [5.74, 6) is -2.56. The van der Waals surface area contributed by atoms with Crippen LogP contribution in [0.2, 0.25) is 0 Å². The number of carboxylic acid groups (broad SMARTS) is 2. The zero-order valence-corrected chi connectivity index (χ0v) is 23.0. The van der Waals surface area contributed by atoms with Crippen LogP contribution in [0, 0.1) is 0 Å². The lowest BCUT2D eigenvalue weighted by atomic mass is 10.0. The van der Waals surface area contributed by atoms with Gasteiger partial charge in [-0.3, -0.25) is 14.5 Å². The lowest BCUT2D eigenvalue weighted by Gasteiger charge is -2.17. The number of aliphatic hydroxyl groups is 3. The van der Waals surface area contributed by atoms with Crippen molar-refractivity contribution in [3.05, 3.63) is 0 Å². The summed E-state index contributed by atoms with van der Waals surface area (Å²) in [5.41, 5.74) is 0. The number of carbonyl (C=O) groups excluding carboxylic acids is 1. The maximum atomic E-state index is 11.8. The monoisotopic (exact) mass is 534 g/mol. The van der Waals surface area contributed by atoms with E-state index >= 15 is 0 Å². The number of nitrogens with one attached hydrogen (secondary N) is 1. The van der Waals surface area contributed by atoms with E-state index < -0.39 is 18.0 Å². The number of hydrogen-bond donors (Lipinski definition) is 6. The van der Waals surface area contributed by atoms with Crippen LogP contribution in [-0.4, -0.2) is 93.8 Å². The van der Waals surface area contributed by atoms with E-state index in [1.54, 1.807) is 4.90 Å². The molecule has 0 aromatic heterocycles. The molecule has 0 unspecified atom stereocenters. The number of hydrogen-bond acceptors (Lipinski definition) is 7. The van der Waals surface area contributed by atoms with Crippen LogP contribution >= 0.6 is 0 Å². The predicted molar refractivity (Wildman–Crippen MR) is 144 cm³/mol.